The molecule has 0 amide bonds. The van der Waals surface area contributed by atoms with E-state index in [-0.39, 0.29) is 31.1 Å². The first kappa shape index (κ1) is 59.4. The molecular weight excluding hydrogens is 757 g/mol. The fourth-order valence-electron chi connectivity index (χ4n) is 8.34. The fraction of sp³-hybridized carbons (Fsp3) is 0.945. The number of carbonyl (C=O) groups is 3. The van der Waals surface area contributed by atoms with Gasteiger partial charge in [0.05, 0.1) is 0 Å². The van der Waals surface area contributed by atoms with Crippen LogP contribution in [0.4, 0.5) is 0 Å². The summed E-state index contributed by atoms with van der Waals surface area (Å²) in [6.07, 6.45) is 49.6. The van der Waals surface area contributed by atoms with Crippen LogP contribution in [-0.4, -0.2) is 37.2 Å². The molecule has 0 aromatic carbocycles. The van der Waals surface area contributed by atoms with E-state index in [1.807, 2.05) is 0 Å². The van der Waals surface area contributed by atoms with E-state index in [0.717, 1.165) is 69.6 Å². The number of ether oxygens (including phenoxy) is 3. The van der Waals surface area contributed by atoms with Crippen molar-refractivity contribution in [1.82, 2.24) is 0 Å². The lowest BCUT2D eigenvalue weighted by atomic mass is 10.0. The van der Waals surface area contributed by atoms with Crippen LogP contribution in [0.5, 0.6) is 0 Å². The molecule has 1 atom stereocenters. The van der Waals surface area contributed by atoms with Gasteiger partial charge in [-0.05, 0) is 31.1 Å². The predicted molar refractivity (Wildman–Crippen MR) is 261 cm³/mol. The van der Waals surface area contributed by atoms with E-state index in [0.29, 0.717) is 19.3 Å². The van der Waals surface area contributed by atoms with E-state index >= 15 is 0 Å². The summed E-state index contributed by atoms with van der Waals surface area (Å²) in [6.45, 7) is 11.3. The Hall–Kier alpha value is -1.59. The molecule has 0 fully saturated rings. The predicted octanol–water partition coefficient (Wildman–Crippen LogP) is 17.7. The van der Waals surface area contributed by atoms with Crippen LogP contribution >= 0.6 is 0 Å². The number of unbranched alkanes of at least 4 members (excludes halogenated alkanes) is 34. The van der Waals surface area contributed by atoms with Gasteiger partial charge < -0.3 is 14.2 Å². The normalized spacial score (nSPS) is 12.0. The lowest BCUT2D eigenvalue weighted by molar-refractivity contribution is -0.167. The number of carbonyl (C=O) groups excluding carboxylic acids is 3. The highest BCUT2D eigenvalue weighted by Crippen LogP contribution is 2.18. The van der Waals surface area contributed by atoms with Gasteiger partial charge in [0.2, 0.25) is 0 Å². The van der Waals surface area contributed by atoms with E-state index in [4.69, 9.17) is 14.2 Å². The van der Waals surface area contributed by atoms with E-state index in [1.54, 1.807) is 0 Å². The third-order valence-corrected chi connectivity index (χ3v) is 12.5. The van der Waals surface area contributed by atoms with Crippen molar-refractivity contribution in [2.24, 2.45) is 11.8 Å². The zero-order valence-corrected chi connectivity index (χ0v) is 41.8. The van der Waals surface area contributed by atoms with Crippen molar-refractivity contribution in [3.8, 4) is 0 Å². The summed E-state index contributed by atoms with van der Waals surface area (Å²) in [5.41, 5.74) is 0. The highest BCUT2D eigenvalue weighted by molar-refractivity contribution is 5.71. The first-order valence-corrected chi connectivity index (χ1v) is 27.2. The van der Waals surface area contributed by atoms with Gasteiger partial charge in [-0.3, -0.25) is 14.4 Å². The van der Waals surface area contributed by atoms with Crippen LogP contribution in [0.25, 0.3) is 0 Å². The first-order chi connectivity index (χ1) is 29.7. The topological polar surface area (TPSA) is 78.9 Å². The third kappa shape index (κ3) is 49.3. The Labute approximate surface area is 380 Å². The van der Waals surface area contributed by atoms with Crippen molar-refractivity contribution in [2.75, 3.05) is 13.2 Å². The molecule has 0 aliphatic carbocycles. The Morgan fingerprint density at radius 3 is 0.803 bits per heavy atom. The smallest absolute Gasteiger partial charge is 0.306 e. The minimum atomic E-state index is -0.762. The average molecular weight is 863 g/mol. The summed E-state index contributed by atoms with van der Waals surface area (Å²) in [4.78, 5) is 38.0. The van der Waals surface area contributed by atoms with E-state index in [1.165, 1.54) is 193 Å². The van der Waals surface area contributed by atoms with Crippen molar-refractivity contribution in [3.63, 3.8) is 0 Å². The molecule has 6 nitrogen and oxygen atoms in total. The van der Waals surface area contributed by atoms with Crippen LogP contribution < -0.4 is 0 Å². The second-order valence-electron chi connectivity index (χ2n) is 19.8. The van der Waals surface area contributed by atoms with Crippen LogP contribution in [-0.2, 0) is 28.6 Å². The molecular formula is C55H106O6. The zero-order chi connectivity index (χ0) is 44.7. The summed E-state index contributed by atoms with van der Waals surface area (Å²) in [7, 11) is 0. The lowest BCUT2D eigenvalue weighted by Gasteiger charge is -2.18. The van der Waals surface area contributed by atoms with Crippen LogP contribution in [0, 0.1) is 11.8 Å². The maximum atomic E-state index is 12.8. The number of esters is 3. The zero-order valence-electron chi connectivity index (χ0n) is 41.8. The third-order valence-electron chi connectivity index (χ3n) is 12.5. The summed E-state index contributed by atoms with van der Waals surface area (Å²) in [5.74, 6) is 0.766. The van der Waals surface area contributed by atoms with Gasteiger partial charge in [0.15, 0.2) is 6.10 Å². The van der Waals surface area contributed by atoms with Gasteiger partial charge in [0.1, 0.15) is 13.2 Å². The second-order valence-corrected chi connectivity index (χ2v) is 19.8. The van der Waals surface area contributed by atoms with Crippen LogP contribution in [0.1, 0.15) is 304 Å². The van der Waals surface area contributed by atoms with Crippen LogP contribution in [0.15, 0.2) is 0 Å². The van der Waals surface area contributed by atoms with Crippen molar-refractivity contribution >= 4 is 17.9 Å². The second kappa shape index (κ2) is 47.9. The standard InChI is InChI=1S/C55H106O6/c1-6-7-8-9-10-11-12-13-14-15-16-17-18-19-20-25-30-35-40-45-53(56)59-48-52(61-55(58)47-42-37-32-27-22-24-29-34-39-44-51(4)5)49-60-54(57)46-41-36-31-26-21-23-28-33-38-43-50(2)3/h50-52H,6-49H2,1-5H3/t52-/m0/s1. The van der Waals surface area contributed by atoms with Gasteiger partial charge in [-0.2, -0.15) is 0 Å². The average Bonchev–Trinajstić information content (AvgIpc) is 3.23. The van der Waals surface area contributed by atoms with Crippen LogP contribution in [0.2, 0.25) is 0 Å². The molecule has 0 saturated carbocycles. The highest BCUT2D eigenvalue weighted by Gasteiger charge is 2.19. The van der Waals surface area contributed by atoms with Crippen molar-refractivity contribution in [3.05, 3.63) is 0 Å². The summed E-state index contributed by atoms with van der Waals surface area (Å²) < 4.78 is 16.8. The SMILES string of the molecule is CCCCCCCCCCCCCCCCCCCCCC(=O)OC[C@@H](COC(=O)CCCCCCCCCCCC(C)C)OC(=O)CCCCCCCCCCCC(C)C. The Morgan fingerprint density at radius 1 is 0.311 bits per heavy atom. The quantitative estimate of drug-likeness (QED) is 0.0344. The lowest BCUT2D eigenvalue weighted by Crippen LogP contribution is -2.30. The minimum absolute atomic E-state index is 0.0639. The van der Waals surface area contributed by atoms with Crippen LogP contribution in [0.3, 0.4) is 0 Å². The Morgan fingerprint density at radius 2 is 0.541 bits per heavy atom. The molecule has 362 valence electrons. The molecule has 0 heterocycles. The molecule has 0 aliphatic heterocycles. The van der Waals surface area contributed by atoms with Gasteiger partial charge in [0, 0.05) is 19.3 Å². The molecule has 0 unspecified atom stereocenters. The van der Waals surface area contributed by atoms with Gasteiger partial charge in [0.25, 0.3) is 0 Å². The molecule has 0 bridgehead atoms. The number of hydrogen-bond acceptors (Lipinski definition) is 6. The van der Waals surface area contributed by atoms with Gasteiger partial charge in [-0.25, -0.2) is 0 Å². The summed E-state index contributed by atoms with van der Waals surface area (Å²) in [6, 6.07) is 0. The minimum Gasteiger partial charge on any atom is -0.462 e. The Bertz CT molecular complexity index is 931. The molecule has 0 aromatic heterocycles. The molecule has 6 heteroatoms. The van der Waals surface area contributed by atoms with Crippen molar-refractivity contribution < 1.29 is 28.6 Å². The summed E-state index contributed by atoms with van der Waals surface area (Å²) in [5, 5.41) is 0. The van der Waals surface area contributed by atoms with Gasteiger partial charge in [-0.15, -0.1) is 0 Å². The molecule has 0 radical (unpaired) electrons. The number of hydrogen-bond donors (Lipinski definition) is 0. The Kier molecular flexibility index (Phi) is 46.6. The summed E-state index contributed by atoms with van der Waals surface area (Å²) >= 11 is 0. The van der Waals surface area contributed by atoms with Crippen molar-refractivity contribution in [1.29, 1.82) is 0 Å². The molecule has 61 heavy (non-hydrogen) atoms. The van der Waals surface area contributed by atoms with E-state index in [9.17, 15) is 14.4 Å². The first-order valence-electron chi connectivity index (χ1n) is 27.2. The van der Waals surface area contributed by atoms with Gasteiger partial charge >= 0.3 is 17.9 Å². The monoisotopic (exact) mass is 863 g/mol. The highest BCUT2D eigenvalue weighted by atomic mass is 16.6. The van der Waals surface area contributed by atoms with Gasteiger partial charge in [-0.1, -0.05) is 266 Å². The molecule has 0 saturated heterocycles. The molecule has 0 aliphatic rings. The maximum absolute atomic E-state index is 12.8. The molecule has 0 N–H and O–H groups in total. The van der Waals surface area contributed by atoms with E-state index in [2.05, 4.69) is 34.6 Å². The largest absolute Gasteiger partial charge is 0.462 e. The molecule has 0 spiro atoms. The van der Waals surface area contributed by atoms with Crippen molar-refractivity contribution in [2.45, 2.75) is 310 Å². The number of rotatable bonds is 49. The molecule has 0 aromatic rings. The maximum Gasteiger partial charge on any atom is 0.306 e. The fourth-order valence-corrected chi connectivity index (χ4v) is 8.34. The van der Waals surface area contributed by atoms with E-state index < -0.39 is 6.10 Å². The Balaban J connectivity index is 4.25. The molecule has 0 rings (SSSR count).